The summed E-state index contributed by atoms with van der Waals surface area (Å²) in [4.78, 5) is 22.6. The number of likely N-dealkylation sites (N-methyl/N-ethyl adjacent to an activating group) is 1. The number of H-pyrrole nitrogens is 1. The average Bonchev–Trinajstić information content (AvgIpc) is 2.69. The third-order valence-corrected chi connectivity index (χ3v) is 3.95. The molecule has 0 saturated heterocycles. The Balaban J connectivity index is 2.61. The Labute approximate surface area is 110 Å². The molecule has 1 amide bonds. The van der Waals surface area contributed by atoms with E-state index in [0.29, 0.717) is 23.9 Å². The van der Waals surface area contributed by atoms with E-state index in [-0.39, 0.29) is 11.6 Å². The smallest absolute Gasteiger partial charge is 0.343 e. The number of amides is 1. The van der Waals surface area contributed by atoms with Crippen LogP contribution in [0, 0.1) is 0 Å². The fraction of sp³-hybridized carbons (Fsp3) is 0.700. The first-order valence-corrected chi connectivity index (χ1v) is 6.70. The van der Waals surface area contributed by atoms with Crippen LogP contribution < -0.4 is 16.7 Å². The van der Waals surface area contributed by atoms with Gasteiger partial charge in [-0.05, 0) is 27.3 Å². The Morgan fingerprint density at radius 1 is 1.67 bits per heavy atom. The molecule has 1 unspecified atom stereocenters. The number of nitrogens with zero attached hydrogens (tertiary/aromatic N) is 2. The van der Waals surface area contributed by atoms with Crippen LogP contribution in [0.15, 0.2) is 9.95 Å². The van der Waals surface area contributed by atoms with E-state index in [0.717, 1.165) is 0 Å². The molecule has 0 aromatic carbocycles. The standard InChI is InChI=1S/C10H19N5O2S/c1-4-15-8(17)13-14-9(15)18-6-5-10(2,12-3)7(11)16/h12H,4-6H2,1-3H3,(H2,11,16)(H,13,17). The fourth-order valence-corrected chi connectivity index (χ4v) is 2.58. The molecule has 18 heavy (non-hydrogen) atoms. The highest BCUT2D eigenvalue weighted by Crippen LogP contribution is 2.18. The van der Waals surface area contributed by atoms with Gasteiger partial charge in [0, 0.05) is 12.3 Å². The van der Waals surface area contributed by atoms with E-state index in [9.17, 15) is 9.59 Å². The maximum atomic E-state index is 11.3. The maximum absolute atomic E-state index is 11.3. The molecule has 1 rings (SSSR count). The van der Waals surface area contributed by atoms with Crippen molar-refractivity contribution < 1.29 is 4.79 Å². The minimum absolute atomic E-state index is 0.216. The SMILES string of the molecule is CCn1c(SCCC(C)(NC)C(N)=O)n[nH]c1=O. The highest BCUT2D eigenvalue weighted by atomic mass is 32.2. The lowest BCUT2D eigenvalue weighted by Gasteiger charge is -2.24. The summed E-state index contributed by atoms with van der Waals surface area (Å²) in [6, 6.07) is 0. The molecule has 7 nitrogen and oxygen atoms in total. The van der Waals surface area contributed by atoms with Gasteiger partial charge in [0.2, 0.25) is 5.91 Å². The van der Waals surface area contributed by atoms with Crippen molar-refractivity contribution >= 4 is 17.7 Å². The Morgan fingerprint density at radius 3 is 2.83 bits per heavy atom. The van der Waals surface area contributed by atoms with E-state index in [1.165, 1.54) is 11.8 Å². The highest BCUT2D eigenvalue weighted by molar-refractivity contribution is 7.99. The van der Waals surface area contributed by atoms with E-state index in [1.54, 1.807) is 18.5 Å². The number of aromatic nitrogens is 3. The van der Waals surface area contributed by atoms with Gasteiger partial charge in [0.15, 0.2) is 5.16 Å². The number of nitrogens with two attached hydrogens (primary N) is 1. The summed E-state index contributed by atoms with van der Waals surface area (Å²) in [6.45, 7) is 4.20. The molecule has 0 aliphatic heterocycles. The maximum Gasteiger partial charge on any atom is 0.343 e. The van der Waals surface area contributed by atoms with Crippen LogP contribution in [0.4, 0.5) is 0 Å². The van der Waals surface area contributed by atoms with E-state index >= 15 is 0 Å². The van der Waals surface area contributed by atoms with Crippen LogP contribution in [-0.2, 0) is 11.3 Å². The molecular weight excluding hydrogens is 254 g/mol. The van der Waals surface area contributed by atoms with Gasteiger partial charge in [0.05, 0.1) is 5.54 Å². The van der Waals surface area contributed by atoms with Crippen LogP contribution in [0.2, 0.25) is 0 Å². The molecule has 102 valence electrons. The molecule has 1 aromatic rings. The molecule has 8 heteroatoms. The molecule has 0 bridgehead atoms. The Bertz CT molecular complexity index is 469. The summed E-state index contributed by atoms with van der Waals surface area (Å²) in [7, 11) is 1.70. The van der Waals surface area contributed by atoms with Gasteiger partial charge in [0.25, 0.3) is 0 Å². The lowest BCUT2D eigenvalue weighted by Crippen LogP contribution is -2.51. The van der Waals surface area contributed by atoms with Gasteiger partial charge in [0.1, 0.15) is 0 Å². The number of primary amides is 1. The van der Waals surface area contributed by atoms with Crippen molar-refractivity contribution in [2.24, 2.45) is 5.73 Å². The van der Waals surface area contributed by atoms with Crippen molar-refractivity contribution in [2.45, 2.75) is 37.5 Å². The van der Waals surface area contributed by atoms with Crippen LogP contribution in [0.1, 0.15) is 20.3 Å². The third kappa shape index (κ3) is 3.14. The molecule has 0 radical (unpaired) electrons. The van der Waals surface area contributed by atoms with Gasteiger partial charge in [-0.2, -0.15) is 0 Å². The first-order chi connectivity index (χ1) is 8.44. The molecular formula is C10H19N5O2S. The number of nitrogens with one attached hydrogen (secondary N) is 2. The van der Waals surface area contributed by atoms with Crippen LogP contribution in [0.3, 0.4) is 0 Å². The van der Waals surface area contributed by atoms with Crippen molar-refractivity contribution in [1.29, 1.82) is 0 Å². The molecule has 1 atom stereocenters. The molecule has 0 aliphatic carbocycles. The van der Waals surface area contributed by atoms with Crippen molar-refractivity contribution in [3.05, 3.63) is 10.5 Å². The number of aromatic amines is 1. The number of hydrogen-bond acceptors (Lipinski definition) is 5. The predicted molar refractivity (Wildman–Crippen MR) is 70.5 cm³/mol. The van der Waals surface area contributed by atoms with Crippen molar-refractivity contribution in [2.75, 3.05) is 12.8 Å². The number of hydrogen-bond donors (Lipinski definition) is 3. The molecule has 0 fully saturated rings. The highest BCUT2D eigenvalue weighted by Gasteiger charge is 2.28. The van der Waals surface area contributed by atoms with E-state index in [4.69, 9.17) is 5.73 Å². The largest absolute Gasteiger partial charge is 0.368 e. The van der Waals surface area contributed by atoms with Gasteiger partial charge >= 0.3 is 5.69 Å². The van der Waals surface area contributed by atoms with Crippen molar-refractivity contribution in [1.82, 2.24) is 20.1 Å². The molecule has 1 aromatic heterocycles. The fourth-order valence-electron chi connectivity index (χ4n) is 1.41. The summed E-state index contributed by atoms with van der Waals surface area (Å²) in [5, 5.41) is 9.87. The van der Waals surface area contributed by atoms with E-state index < -0.39 is 5.54 Å². The monoisotopic (exact) mass is 273 g/mol. The second-order valence-corrected chi connectivity index (χ2v) is 5.16. The second-order valence-electron chi connectivity index (χ2n) is 4.10. The van der Waals surface area contributed by atoms with Gasteiger partial charge in [-0.25, -0.2) is 9.89 Å². The summed E-state index contributed by atoms with van der Waals surface area (Å²) >= 11 is 1.42. The molecule has 0 spiro atoms. The normalized spacial score (nSPS) is 14.4. The van der Waals surface area contributed by atoms with E-state index in [2.05, 4.69) is 15.5 Å². The van der Waals surface area contributed by atoms with Crippen molar-refractivity contribution in [3.8, 4) is 0 Å². The number of carbonyl (C=O) groups is 1. The quantitative estimate of drug-likeness (QED) is 0.583. The van der Waals surface area contributed by atoms with Crippen LogP contribution in [-0.4, -0.2) is 39.0 Å². The molecule has 0 aliphatic rings. The Kier molecular flexibility index (Phi) is 4.97. The van der Waals surface area contributed by atoms with Gasteiger partial charge < -0.3 is 11.1 Å². The van der Waals surface area contributed by atoms with E-state index in [1.807, 2.05) is 6.92 Å². The molecule has 0 saturated carbocycles. The van der Waals surface area contributed by atoms with Gasteiger partial charge in [-0.15, -0.1) is 5.10 Å². The summed E-state index contributed by atoms with van der Waals surface area (Å²) in [5.74, 6) is 0.255. The number of rotatable bonds is 7. The zero-order chi connectivity index (χ0) is 13.8. The summed E-state index contributed by atoms with van der Waals surface area (Å²) in [6.07, 6.45) is 0.564. The second kappa shape index (κ2) is 6.05. The minimum Gasteiger partial charge on any atom is -0.368 e. The Morgan fingerprint density at radius 2 is 2.33 bits per heavy atom. The average molecular weight is 273 g/mol. The zero-order valence-corrected chi connectivity index (χ0v) is 11.6. The van der Waals surface area contributed by atoms with Crippen LogP contribution in [0.5, 0.6) is 0 Å². The van der Waals surface area contributed by atoms with Crippen LogP contribution >= 0.6 is 11.8 Å². The first kappa shape index (κ1) is 14.8. The predicted octanol–water partition coefficient (Wildman–Crippen LogP) is -0.463. The number of carbonyl (C=O) groups excluding carboxylic acids is 1. The van der Waals surface area contributed by atoms with Gasteiger partial charge in [-0.3, -0.25) is 9.36 Å². The zero-order valence-electron chi connectivity index (χ0n) is 10.8. The topological polar surface area (TPSA) is 106 Å². The van der Waals surface area contributed by atoms with Crippen molar-refractivity contribution in [3.63, 3.8) is 0 Å². The molecule has 1 heterocycles. The lowest BCUT2D eigenvalue weighted by molar-refractivity contribution is -0.123. The summed E-state index contributed by atoms with van der Waals surface area (Å²) in [5.41, 5.74) is 4.38. The number of thioether (sulfide) groups is 1. The third-order valence-electron chi connectivity index (χ3n) is 2.97. The first-order valence-electron chi connectivity index (χ1n) is 5.71. The van der Waals surface area contributed by atoms with Gasteiger partial charge in [-0.1, -0.05) is 11.8 Å². The molecule has 4 N–H and O–H groups in total. The van der Waals surface area contributed by atoms with Crippen LogP contribution in [0.25, 0.3) is 0 Å². The minimum atomic E-state index is -0.735. The summed E-state index contributed by atoms with van der Waals surface area (Å²) < 4.78 is 1.55. The Hall–Kier alpha value is -1.28. The lowest BCUT2D eigenvalue weighted by atomic mass is 9.99.